The van der Waals surface area contributed by atoms with Crippen LogP contribution in [0.4, 0.5) is 0 Å². The second-order valence-electron chi connectivity index (χ2n) is 4.43. The lowest BCUT2D eigenvalue weighted by Gasteiger charge is -2.19. The van der Waals surface area contributed by atoms with Crippen LogP contribution in [0.3, 0.4) is 0 Å². The smallest absolute Gasteiger partial charge is 0.126 e. The molecular weight excluding hydrogens is 200 g/mol. The minimum atomic E-state index is -0.949. The van der Waals surface area contributed by atoms with Gasteiger partial charge in [-0.25, -0.2) is 0 Å². The molecule has 0 amide bonds. The van der Waals surface area contributed by atoms with Crippen LogP contribution in [0, 0.1) is 11.3 Å². The largest absolute Gasteiger partial charge is 0.496 e. The molecule has 2 N–H and O–H groups in total. The zero-order valence-corrected chi connectivity index (χ0v) is 10.2. The third-order valence-corrected chi connectivity index (χ3v) is 2.68. The van der Waals surface area contributed by atoms with E-state index in [1.165, 1.54) is 0 Å². The van der Waals surface area contributed by atoms with Crippen LogP contribution in [0.15, 0.2) is 18.2 Å². The van der Waals surface area contributed by atoms with Gasteiger partial charge in [0, 0.05) is 0 Å². The summed E-state index contributed by atoms with van der Waals surface area (Å²) in [5, 5.41) is 9.00. The fourth-order valence-corrected chi connectivity index (χ4v) is 1.57. The maximum atomic E-state index is 9.00. The maximum Gasteiger partial charge on any atom is 0.126 e. The van der Waals surface area contributed by atoms with Crippen LogP contribution in [0.2, 0.25) is 0 Å². The Kier molecular flexibility index (Phi) is 3.56. The summed E-state index contributed by atoms with van der Waals surface area (Å²) < 4.78 is 5.28. The topological polar surface area (TPSA) is 59.0 Å². The van der Waals surface area contributed by atoms with E-state index in [0.717, 1.165) is 16.9 Å². The Bertz CT molecular complexity index is 416. The van der Waals surface area contributed by atoms with Gasteiger partial charge in [0.25, 0.3) is 0 Å². The predicted octanol–water partition coefficient (Wildman–Crippen LogP) is 2.52. The predicted molar refractivity (Wildman–Crippen MR) is 64.2 cm³/mol. The molecule has 3 nitrogen and oxygen atoms in total. The molecule has 0 heterocycles. The van der Waals surface area contributed by atoms with Crippen molar-refractivity contribution in [2.45, 2.75) is 32.2 Å². The van der Waals surface area contributed by atoms with E-state index in [4.69, 9.17) is 15.7 Å². The summed E-state index contributed by atoms with van der Waals surface area (Å²) in [5.74, 6) is 1.18. The van der Waals surface area contributed by atoms with Crippen LogP contribution in [0.25, 0.3) is 0 Å². The van der Waals surface area contributed by atoms with Gasteiger partial charge in [-0.3, -0.25) is 0 Å². The number of methoxy groups -OCH3 is 1. The summed E-state index contributed by atoms with van der Waals surface area (Å²) in [6.45, 7) is 5.88. The number of hydrogen-bond acceptors (Lipinski definition) is 3. The Morgan fingerprint density at radius 2 is 2.06 bits per heavy atom. The van der Waals surface area contributed by atoms with E-state index in [1.54, 1.807) is 14.0 Å². The van der Waals surface area contributed by atoms with Crippen molar-refractivity contribution in [2.24, 2.45) is 5.73 Å². The van der Waals surface area contributed by atoms with Gasteiger partial charge in [-0.05, 0) is 36.1 Å². The highest BCUT2D eigenvalue weighted by atomic mass is 16.5. The summed E-state index contributed by atoms with van der Waals surface area (Å²) in [5.41, 5.74) is 6.84. The Balaban J connectivity index is 3.29. The van der Waals surface area contributed by atoms with Gasteiger partial charge >= 0.3 is 0 Å². The Hall–Kier alpha value is -1.53. The molecule has 0 spiro atoms. The van der Waals surface area contributed by atoms with Crippen LogP contribution in [-0.4, -0.2) is 7.11 Å². The summed E-state index contributed by atoms with van der Waals surface area (Å²) in [6.07, 6.45) is 0. The van der Waals surface area contributed by atoms with Crippen molar-refractivity contribution < 1.29 is 4.74 Å². The first-order chi connectivity index (χ1) is 7.42. The fraction of sp³-hybridized carbons (Fsp3) is 0.462. The van der Waals surface area contributed by atoms with Crippen molar-refractivity contribution in [3.8, 4) is 11.8 Å². The van der Waals surface area contributed by atoms with Gasteiger partial charge in [0.05, 0.1) is 13.2 Å². The number of nitriles is 1. The van der Waals surface area contributed by atoms with E-state index in [0.29, 0.717) is 5.92 Å². The highest BCUT2D eigenvalue weighted by Crippen LogP contribution is 2.30. The van der Waals surface area contributed by atoms with Crippen molar-refractivity contribution in [3.05, 3.63) is 29.3 Å². The van der Waals surface area contributed by atoms with Gasteiger partial charge < -0.3 is 10.5 Å². The molecule has 0 aliphatic carbocycles. The van der Waals surface area contributed by atoms with E-state index in [1.807, 2.05) is 18.2 Å². The normalized spacial score (nSPS) is 14.3. The lowest BCUT2D eigenvalue weighted by atomic mass is 9.90. The summed E-state index contributed by atoms with van der Waals surface area (Å²) in [6, 6.07) is 7.76. The first-order valence-corrected chi connectivity index (χ1v) is 5.31. The molecule has 0 aliphatic heterocycles. The zero-order valence-electron chi connectivity index (χ0n) is 10.2. The molecule has 86 valence electrons. The molecule has 1 unspecified atom stereocenters. The van der Waals surface area contributed by atoms with Crippen LogP contribution in [0.5, 0.6) is 5.75 Å². The number of nitrogens with zero attached hydrogens (tertiary/aromatic N) is 1. The second-order valence-corrected chi connectivity index (χ2v) is 4.43. The van der Waals surface area contributed by atoms with E-state index < -0.39 is 5.54 Å². The Morgan fingerprint density at radius 1 is 1.44 bits per heavy atom. The summed E-state index contributed by atoms with van der Waals surface area (Å²) in [7, 11) is 1.65. The Morgan fingerprint density at radius 3 is 2.50 bits per heavy atom. The standard InChI is InChI=1S/C13H18N2O/c1-9(2)11-7-10(13(3,15)8-14)5-6-12(11)16-4/h5-7,9H,15H2,1-4H3. The van der Waals surface area contributed by atoms with Gasteiger partial charge in [0.1, 0.15) is 11.3 Å². The molecule has 0 bridgehead atoms. The SMILES string of the molecule is COc1ccc(C(C)(N)C#N)cc1C(C)C. The van der Waals surface area contributed by atoms with Crippen molar-refractivity contribution in [3.63, 3.8) is 0 Å². The molecule has 16 heavy (non-hydrogen) atoms. The van der Waals surface area contributed by atoms with Crippen LogP contribution in [0.1, 0.15) is 37.8 Å². The first-order valence-electron chi connectivity index (χ1n) is 5.31. The third kappa shape index (κ3) is 2.34. The zero-order chi connectivity index (χ0) is 12.3. The van der Waals surface area contributed by atoms with E-state index in [9.17, 15) is 0 Å². The van der Waals surface area contributed by atoms with Crippen LogP contribution >= 0.6 is 0 Å². The molecule has 0 fully saturated rings. The van der Waals surface area contributed by atoms with Gasteiger partial charge in [-0.1, -0.05) is 19.9 Å². The third-order valence-electron chi connectivity index (χ3n) is 2.68. The lowest BCUT2D eigenvalue weighted by Crippen LogP contribution is -2.30. The fourth-order valence-electron chi connectivity index (χ4n) is 1.57. The highest BCUT2D eigenvalue weighted by Gasteiger charge is 2.22. The highest BCUT2D eigenvalue weighted by molar-refractivity contribution is 5.43. The van der Waals surface area contributed by atoms with Crippen molar-refractivity contribution in [1.82, 2.24) is 0 Å². The molecular formula is C13H18N2O. The number of nitrogens with two attached hydrogens (primary N) is 1. The van der Waals surface area contributed by atoms with Gasteiger partial charge in [0.2, 0.25) is 0 Å². The van der Waals surface area contributed by atoms with Crippen LogP contribution < -0.4 is 10.5 Å². The number of benzene rings is 1. The minimum Gasteiger partial charge on any atom is -0.496 e. The molecule has 0 radical (unpaired) electrons. The van der Waals surface area contributed by atoms with Crippen molar-refractivity contribution >= 4 is 0 Å². The van der Waals surface area contributed by atoms with Crippen LogP contribution in [-0.2, 0) is 5.54 Å². The van der Waals surface area contributed by atoms with Gasteiger partial charge in [-0.2, -0.15) is 5.26 Å². The molecule has 0 saturated carbocycles. The van der Waals surface area contributed by atoms with Crippen molar-refractivity contribution in [2.75, 3.05) is 7.11 Å². The molecule has 1 aromatic carbocycles. The average Bonchev–Trinajstić information content (AvgIpc) is 2.28. The molecule has 0 saturated heterocycles. The summed E-state index contributed by atoms with van der Waals surface area (Å²) in [4.78, 5) is 0. The number of hydrogen-bond donors (Lipinski definition) is 1. The number of ether oxygens (including phenoxy) is 1. The number of rotatable bonds is 3. The monoisotopic (exact) mass is 218 g/mol. The Labute approximate surface area is 96.8 Å². The van der Waals surface area contributed by atoms with E-state index in [2.05, 4.69) is 19.9 Å². The molecule has 3 heteroatoms. The molecule has 1 atom stereocenters. The molecule has 1 rings (SSSR count). The van der Waals surface area contributed by atoms with Gasteiger partial charge in [0.15, 0.2) is 0 Å². The maximum absolute atomic E-state index is 9.00. The summed E-state index contributed by atoms with van der Waals surface area (Å²) >= 11 is 0. The van der Waals surface area contributed by atoms with E-state index >= 15 is 0 Å². The molecule has 0 aromatic heterocycles. The molecule has 1 aromatic rings. The van der Waals surface area contributed by atoms with Crippen molar-refractivity contribution in [1.29, 1.82) is 5.26 Å². The van der Waals surface area contributed by atoms with Gasteiger partial charge in [-0.15, -0.1) is 0 Å². The quantitative estimate of drug-likeness (QED) is 0.848. The molecule has 0 aliphatic rings. The second kappa shape index (κ2) is 4.54. The average molecular weight is 218 g/mol. The minimum absolute atomic E-state index is 0.337. The first kappa shape index (κ1) is 12.5. The lowest BCUT2D eigenvalue weighted by molar-refractivity contribution is 0.407. The van der Waals surface area contributed by atoms with E-state index in [-0.39, 0.29) is 0 Å².